The third kappa shape index (κ3) is 4.62. The van der Waals surface area contributed by atoms with Crippen molar-refractivity contribution in [1.82, 2.24) is 14.8 Å². The van der Waals surface area contributed by atoms with Crippen LogP contribution >= 0.6 is 0 Å². The van der Waals surface area contributed by atoms with Gasteiger partial charge in [0.15, 0.2) is 11.5 Å². The molecule has 2 aromatic carbocycles. The van der Waals surface area contributed by atoms with Gasteiger partial charge in [0, 0.05) is 42.4 Å². The Bertz CT molecular complexity index is 1200. The summed E-state index contributed by atoms with van der Waals surface area (Å²) in [6, 6.07) is 10.1. The average molecular weight is 479 g/mol. The van der Waals surface area contributed by atoms with Crippen LogP contribution in [0.2, 0.25) is 0 Å². The molecule has 8 heteroatoms. The van der Waals surface area contributed by atoms with E-state index in [2.05, 4.69) is 23.3 Å². The number of rotatable bonds is 6. The summed E-state index contributed by atoms with van der Waals surface area (Å²) >= 11 is 0. The van der Waals surface area contributed by atoms with E-state index < -0.39 is 0 Å². The predicted molar refractivity (Wildman–Crippen MR) is 136 cm³/mol. The van der Waals surface area contributed by atoms with Crippen LogP contribution in [-0.4, -0.2) is 67.4 Å². The Morgan fingerprint density at radius 2 is 2.00 bits per heavy atom. The molecule has 1 aromatic heterocycles. The highest BCUT2D eigenvalue weighted by Crippen LogP contribution is 2.41. The van der Waals surface area contributed by atoms with Crippen LogP contribution in [0.3, 0.4) is 0 Å². The van der Waals surface area contributed by atoms with Gasteiger partial charge in [-0.1, -0.05) is 0 Å². The van der Waals surface area contributed by atoms with Gasteiger partial charge in [-0.05, 0) is 73.2 Å². The van der Waals surface area contributed by atoms with E-state index in [1.54, 1.807) is 7.11 Å². The highest BCUT2D eigenvalue weighted by molar-refractivity contribution is 5.86. The summed E-state index contributed by atoms with van der Waals surface area (Å²) in [5.74, 6) is 1.46. The molecule has 35 heavy (non-hydrogen) atoms. The lowest BCUT2D eigenvalue weighted by Crippen LogP contribution is -2.51. The number of ether oxygens (including phenoxy) is 3. The maximum Gasteiger partial charge on any atom is 0.320 e. The molecule has 8 nitrogen and oxygen atoms in total. The molecule has 3 heterocycles. The highest BCUT2D eigenvalue weighted by atomic mass is 16.5. The minimum atomic E-state index is -0.0646. The van der Waals surface area contributed by atoms with Crippen molar-refractivity contribution in [3.05, 3.63) is 53.2 Å². The van der Waals surface area contributed by atoms with Crippen molar-refractivity contribution in [2.24, 2.45) is 0 Å². The number of H-pyrrole nitrogens is 1. The van der Waals surface area contributed by atoms with Crippen LogP contribution in [0.25, 0.3) is 10.9 Å². The number of anilines is 1. The zero-order valence-corrected chi connectivity index (χ0v) is 20.5. The number of carbonyl (C=O) groups excluding carboxylic acids is 1. The first-order valence-electron chi connectivity index (χ1n) is 12.4. The molecule has 1 saturated heterocycles. The number of nitrogens with zero attached hydrogens (tertiary/aromatic N) is 2. The average Bonchev–Trinajstić information content (AvgIpc) is 3.29. The number of morpholine rings is 1. The van der Waals surface area contributed by atoms with E-state index in [0.29, 0.717) is 39.5 Å². The number of urea groups is 1. The second-order valence-corrected chi connectivity index (χ2v) is 9.13. The van der Waals surface area contributed by atoms with Crippen molar-refractivity contribution in [3.8, 4) is 11.5 Å². The quantitative estimate of drug-likeness (QED) is 0.520. The lowest BCUT2D eigenvalue weighted by molar-refractivity contribution is 0.0376. The van der Waals surface area contributed by atoms with E-state index in [4.69, 9.17) is 19.9 Å². The number of aromatic nitrogens is 1. The fourth-order valence-corrected chi connectivity index (χ4v) is 5.31. The van der Waals surface area contributed by atoms with Gasteiger partial charge in [0.05, 0.1) is 33.0 Å². The number of aromatic amines is 1. The number of nitrogens with two attached hydrogens (primary N) is 1. The largest absolute Gasteiger partial charge is 0.493 e. The summed E-state index contributed by atoms with van der Waals surface area (Å²) in [6.45, 7) is 5.62. The Morgan fingerprint density at radius 3 is 2.77 bits per heavy atom. The zero-order valence-electron chi connectivity index (χ0n) is 20.5. The summed E-state index contributed by atoms with van der Waals surface area (Å²) in [4.78, 5) is 21.0. The van der Waals surface area contributed by atoms with Crippen LogP contribution in [-0.2, 0) is 17.6 Å². The number of methoxy groups -OCH3 is 1. The van der Waals surface area contributed by atoms with E-state index >= 15 is 0 Å². The SMILES string of the molecule is CCOc1cc2c(cc1OC)CCN(C(=O)N1CCOCC1)C2CCc1c[nH]c2ccc(N)cc12. The Hall–Kier alpha value is -3.39. The summed E-state index contributed by atoms with van der Waals surface area (Å²) in [5.41, 5.74) is 11.4. The first kappa shape index (κ1) is 23.4. The van der Waals surface area contributed by atoms with E-state index in [1.165, 1.54) is 11.1 Å². The lowest BCUT2D eigenvalue weighted by atomic mass is 9.88. The molecule has 0 bridgehead atoms. The molecule has 1 fully saturated rings. The molecule has 1 unspecified atom stereocenters. The smallest absolute Gasteiger partial charge is 0.320 e. The van der Waals surface area contributed by atoms with Crippen LogP contribution in [0.15, 0.2) is 36.5 Å². The second kappa shape index (κ2) is 10.1. The van der Waals surface area contributed by atoms with E-state index in [9.17, 15) is 4.79 Å². The van der Waals surface area contributed by atoms with Gasteiger partial charge in [0.2, 0.25) is 0 Å². The maximum atomic E-state index is 13.6. The number of aryl methyl sites for hydroxylation is 1. The number of fused-ring (bicyclic) bond motifs is 2. The lowest BCUT2D eigenvalue weighted by Gasteiger charge is -2.41. The van der Waals surface area contributed by atoms with Crippen LogP contribution in [0, 0.1) is 0 Å². The van der Waals surface area contributed by atoms with Crippen LogP contribution in [0.5, 0.6) is 11.5 Å². The molecule has 0 spiro atoms. The van der Waals surface area contributed by atoms with Gasteiger partial charge in [-0.15, -0.1) is 0 Å². The number of amides is 2. The molecule has 1 atom stereocenters. The number of carbonyl (C=O) groups is 1. The third-order valence-corrected chi connectivity index (χ3v) is 7.09. The van der Waals surface area contributed by atoms with Crippen LogP contribution in [0.4, 0.5) is 10.5 Å². The molecule has 2 aliphatic rings. The normalized spacial score (nSPS) is 17.9. The molecule has 186 valence electrons. The fourth-order valence-electron chi connectivity index (χ4n) is 5.31. The van der Waals surface area contributed by atoms with Gasteiger partial charge in [-0.2, -0.15) is 0 Å². The van der Waals surface area contributed by atoms with Crippen molar-refractivity contribution in [1.29, 1.82) is 0 Å². The summed E-state index contributed by atoms with van der Waals surface area (Å²) in [6.07, 6.45) is 4.45. The maximum absolute atomic E-state index is 13.6. The molecule has 0 radical (unpaired) electrons. The molecule has 0 aliphatic carbocycles. The van der Waals surface area contributed by atoms with Gasteiger partial charge in [-0.25, -0.2) is 4.79 Å². The molecule has 2 aliphatic heterocycles. The standard InChI is InChI=1S/C27H34N4O4/c1-3-35-26-16-22-18(14-25(26)33-2)8-9-31(27(32)30-10-12-34-13-11-30)24(22)7-4-19-17-29-23-6-5-20(28)15-21(19)23/h5-6,14-17,24,29H,3-4,7-13,28H2,1-2H3. The van der Waals surface area contributed by atoms with Crippen LogP contribution in [0.1, 0.15) is 36.1 Å². The zero-order chi connectivity index (χ0) is 24.4. The Balaban J connectivity index is 1.49. The first-order chi connectivity index (χ1) is 17.1. The van der Waals surface area contributed by atoms with Crippen molar-refractivity contribution in [3.63, 3.8) is 0 Å². The van der Waals surface area contributed by atoms with E-state index in [1.807, 2.05) is 34.9 Å². The number of benzene rings is 2. The minimum Gasteiger partial charge on any atom is -0.493 e. The van der Waals surface area contributed by atoms with Crippen LogP contribution < -0.4 is 15.2 Å². The van der Waals surface area contributed by atoms with Gasteiger partial charge in [-0.3, -0.25) is 0 Å². The molecule has 3 aromatic rings. The number of nitrogens with one attached hydrogen (secondary N) is 1. The van der Waals surface area contributed by atoms with Gasteiger partial charge in [0.25, 0.3) is 0 Å². The Labute approximate surface area is 205 Å². The van der Waals surface area contributed by atoms with E-state index in [-0.39, 0.29) is 12.1 Å². The van der Waals surface area contributed by atoms with E-state index in [0.717, 1.165) is 52.9 Å². The summed E-state index contributed by atoms with van der Waals surface area (Å²) in [5, 5.41) is 1.14. The Morgan fingerprint density at radius 1 is 1.17 bits per heavy atom. The number of hydrogen-bond acceptors (Lipinski definition) is 5. The molecular formula is C27H34N4O4. The summed E-state index contributed by atoms with van der Waals surface area (Å²) in [7, 11) is 1.67. The van der Waals surface area contributed by atoms with Crippen molar-refractivity contribution in [2.45, 2.75) is 32.2 Å². The molecular weight excluding hydrogens is 444 g/mol. The predicted octanol–water partition coefficient (Wildman–Crippen LogP) is 4.14. The first-order valence-corrected chi connectivity index (χ1v) is 12.4. The monoisotopic (exact) mass is 478 g/mol. The van der Waals surface area contributed by atoms with Crippen molar-refractivity contribution in [2.75, 3.05) is 52.3 Å². The highest BCUT2D eigenvalue weighted by Gasteiger charge is 2.34. The second-order valence-electron chi connectivity index (χ2n) is 9.13. The number of nitrogen functional groups attached to an aromatic ring is 1. The third-order valence-electron chi connectivity index (χ3n) is 7.09. The molecule has 3 N–H and O–H groups in total. The molecule has 5 rings (SSSR count). The van der Waals surface area contributed by atoms with Crippen molar-refractivity contribution >= 4 is 22.6 Å². The Kier molecular flexibility index (Phi) is 6.72. The number of hydrogen-bond donors (Lipinski definition) is 2. The molecule has 0 saturated carbocycles. The molecule has 2 amide bonds. The van der Waals surface area contributed by atoms with Gasteiger partial charge >= 0.3 is 6.03 Å². The fraction of sp³-hybridized carbons (Fsp3) is 0.444. The van der Waals surface area contributed by atoms with Crippen molar-refractivity contribution < 1.29 is 19.0 Å². The van der Waals surface area contributed by atoms with Gasteiger partial charge in [0.1, 0.15) is 0 Å². The topological polar surface area (TPSA) is 93.0 Å². The van der Waals surface area contributed by atoms with Gasteiger partial charge < -0.3 is 34.7 Å². The summed E-state index contributed by atoms with van der Waals surface area (Å²) < 4.78 is 17.0. The minimum absolute atomic E-state index is 0.0646.